The molecule has 0 saturated heterocycles. The van der Waals surface area contributed by atoms with E-state index in [2.05, 4.69) is 4.98 Å². The molecule has 68 valence electrons. The van der Waals surface area contributed by atoms with E-state index in [4.69, 9.17) is 11.5 Å². The van der Waals surface area contributed by atoms with Crippen LogP contribution in [0.5, 0.6) is 0 Å². The van der Waals surface area contributed by atoms with Crippen LogP contribution in [-0.2, 0) is 0 Å². The number of rotatable bonds is 2. The number of hydrogen-bond acceptors (Lipinski definition) is 3. The Balaban J connectivity index is 2.41. The lowest BCUT2D eigenvalue weighted by atomic mass is 10.2. The van der Waals surface area contributed by atoms with Crippen LogP contribution in [0.25, 0.3) is 0 Å². The third-order valence-corrected chi connectivity index (χ3v) is 2.12. The molecule has 1 aromatic rings. The Morgan fingerprint density at radius 3 is 2.69 bits per heavy atom. The van der Waals surface area contributed by atoms with Crippen LogP contribution >= 0.6 is 0 Å². The molecule has 2 rings (SSSR count). The predicted molar refractivity (Wildman–Crippen MR) is 49.1 cm³/mol. The third-order valence-electron chi connectivity index (χ3n) is 2.12. The summed E-state index contributed by atoms with van der Waals surface area (Å²) in [6, 6.07) is 3.32. The minimum atomic E-state index is -0.519. The molecule has 1 amide bonds. The summed E-state index contributed by atoms with van der Waals surface area (Å²) in [6.45, 7) is 0. The van der Waals surface area contributed by atoms with Gasteiger partial charge in [0.25, 0.3) is 5.91 Å². The fourth-order valence-electron chi connectivity index (χ4n) is 1.29. The lowest BCUT2D eigenvalue weighted by molar-refractivity contribution is 0.0995. The summed E-state index contributed by atoms with van der Waals surface area (Å²) in [5, 5.41) is 0. The molecule has 13 heavy (non-hydrogen) atoms. The molecular formula is C9H11N3O. The zero-order valence-electron chi connectivity index (χ0n) is 7.16. The van der Waals surface area contributed by atoms with E-state index in [-0.39, 0.29) is 5.69 Å². The molecule has 0 unspecified atom stereocenters. The SMILES string of the molecule is NC(=O)c1cc(N)cc(C2CC2)n1. The van der Waals surface area contributed by atoms with Crippen LogP contribution in [0, 0.1) is 0 Å². The van der Waals surface area contributed by atoms with Crippen molar-refractivity contribution in [3.05, 3.63) is 23.5 Å². The molecule has 1 saturated carbocycles. The Morgan fingerprint density at radius 2 is 2.15 bits per heavy atom. The highest BCUT2D eigenvalue weighted by atomic mass is 16.1. The zero-order chi connectivity index (χ0) is 9.42. The van der Waals surface area contributed by atoms with Crippen molar-refractivity contribution in [1.29, 1.82) is 0 Å². The second-order valence-corrected chi connectivity index (χ2v) is 3.35. The van der Waals surface area contributed by atoms with E-state index in [0.717, 1.165) is 18.5 Å². The maximum atomic E-state index is 10.9. The molecule has 4 heteroatoms. The van der Waals surface area contributed by atoms with Crippen molar-refractivity contribution in [3.63, 3.8) is 0 Å². The summed E-state index contributed by atoms with van der Waals surface area (Å²) in [4.78, 5) is 15.0. The van der Waals surface area contributed by atoms with Gasteiger partial charge in [-0.1, -0.05) is 0 Å². The van der Waals surface area contributed by atoms with Crippen molar-refractivity contribution in [2.45, 2.75) is 18.8 Å². The van der Waals surface area contributed by atoms with Gasteiger partial charge < -0.3 is 11.5 Å². The van der Waals surface area contributed by atoms with Crippen LogP contribution in [0.2, 0.25) is 0 Å². The molecule has 4 N–H and O–H groups in total. The van der Waals surface area contributed by atoms with E-state index < -0.39 is 5.91 Å². The third kappa shape index (κ3) is 1.61. The second kappa shape index (κ2) is 2.73. The molecule has 0 radical (unpaired) electrons. The van der Waals surface area contributed by atoms with Crippen molar-refractivity contribution in [1.82, 2.24) is 4.98 Å². The standard InChI is InChI=1S/C9H11N3O/c10-6-3-7(5-1-2-5)12-8(4-6)9(11)13/h3-5H,1-2H2,(H2,10,12)(H2,11,13). The first kappa shape index (κ1) is 8.04. The van der Waals surface area contributed by atoms with Gasteiger partial charge in [0, 0.05) is 17.3 Å². The van der Waals surface area contributed by atoms with Crippen molar-refractivity contribution >= 4 is 11.6 Å². The van der Waals surface area contributed by atoms with E-state index >= 15 is 0 Å². The molecule has 0 bridgehead atoms. The topological polar surface area (TPSA) is 82.0 Å². The molecule has 4 nitrogen and oxygen atoms in total. The fourth-order valence-corrected chi connectivity index (χ4v) is 1.29. The van der Waals surface area contributed by atoms with Gasteiger partial charge in [-0.15, -0.1) is 0 Å². The quantitative estimate of drug-likeness (QED) is 0.695. The average Bonchev–Trinajstić information content (AvgIpc) is 2.85. The van der Waals surface area contributed by atoms with Gasteiger partial charge in [-0.2, -0.15) is 0 Å². The number of nitrogens with two attached hydrogens (primary N) is 2. The van der Waals surface area contributed by atoms with Gasteiger partial charge in [0.15, 0.2) is 0 Å². The minimum absolute atomic E-state index is 0.266. The largest absolute Gasteiger partial charge is 0.399 e. The summed E-state index contributed by atoms with van der Waals surface area (Å²) in [5.74, 6) is -0.0317. The van der Waals surface area contributed by atoms with Crippen molar-refractivity contribution in [2.24, 2.45) is 5.73 Å². The Labute approximate surface area is 75.9 Å². The van der Waals surface area contributed by atoms with E-state index in [1.54, 1.807) is 0 Å². The molecule has 1 aliphatic rings. The first-order valence-electron chi connectivity index (χ1n) is 4.24. The number of nitrogens with zero attached hydrogens (tertiary/aromatic N) is 1. The van der Waals surface area contributed by atoms with Crippen LogP contribution < -0.4 is 11.5 Å². The Kier molecular flexibility index (Phi) is 1.69. The number of anilines is 1. The van der Waals surface area contributed by atoms with Gasteiger partial charge >= 0.3 is 0 Å². The van der Waals surface area contributed by atoms with E-state index in [9.17, 15) is 4.79 Å². The highest BCUT2D eigenvalue weighted by Gasteiger charge is 2.25. The van der Waals surface area contributed by atoms with Gasteiger partial charge in [0.05, 0.1) is 0 Å². The van der Waals surface area contributed by atoms with Crippen LogP contribution in [0.3, 0.4) is 0 Å². The Hall–Kier alpha value is -1.58. The number of hydrogen-bond donors (Lipinski definition) is 2. The van der Waals surface area contributed by atoms with Crippen molar-refractivity contribution in [2.75, 3.05) is 5.73 Å². The van der Waals surface area contributed by atoms with E-state index in [0.29, 0.717) is 11.6 Å². The van der Waals surface area contributed by atoms with E-state index in [1.807, 2.05) is 6.07 Å². The lowest BCUT2D eigenvalue weighted by Gasteiger charge is -2.02. The van der Waals surface area contributed by atoms with Crippen LogP contribution in [0.4, 0.5) is 5.69 Å². The van der Waals surface area contributed by atoms with E-state index in [1.165, 1.54) is 6.07 Å². The first-order valence-corrected chi connectivity index (χ1v) is 4.24. The Morgan fingerprint density at radius 1 is 1.46 bits per heavy atom. The number of carbonyl (C=O) groups excluding carboxylic acids is 1. The summed E-state index contributed by atoms with van der Waals surface area (Å²) in [7, 11) is 0. The number of carbonyl (C=O) groups is 1. The predicted octanol–water partition coefficient (Wildman–Crippen LogP) is 0.640. The molecule has 0 atom stereocenters. The molecule has 1 fully saturated rings. The molecule has 1 aromatic heterocycles. The van der Waals surface area contributed by atoms with Crippen LogP contribution in [0.15, 0.2) is 12.1 Å². The van der Waals surface area contributed by atoms with Crippen LogP contribution in [0.1, 0.15) is 34.9 Å². The highest BCUT2D eigenvalue weighted by molar-refractivity contribution is 5.91. The van der Waals surface area contributed by atoms with Gasteiger partial charge in [0.2, 0.25) is 0 Å². The Bertz CT molecular complexity index is 358. The fraction of sp³-hybridized carbons (Fsp3) is 0.333. The normalized spacial score (nSPS) is 15.7. The molecule has 0 aliphatic heterocycles. The molecule has 0 spiro atoms. The molecular weight excluding hydrogens is 166 g/mol. The number of nitrogen functional groups attached to an aromatic ring is 1. The maximum Gasteiger partial charge on any atom is 0.267 e. The number of primary amides is 1. The summed E-state index contributed by atoms with van der Waals surface area (Å²) in [5.41, 5.74) is 12.5. The molecule has 1 heterocycles. The monoisotopic (exact) mass is 177 g/mol. The van der Waals surface area contributed by atoms with Crippen LogP contribution in [-0.4, -0.2) is 10.9 Å². The number of pyridine rings is 1. The highest BCUT2D eigenvalue weighted by Crippen LogP contribution is 2.39. The molecule has 0 aromatic carbocycles. The number of aromatic nitrogens is 1. The van der Waals surface area contributed by atoms with Gasteiger partial charge in [-0.25, -0.2) is 4.98 Å². The van der Waals surface area contributed by atoms with Gasteiger partial charge in [0.1, 0.15) is 5.69 Å². The summed E-state index contributed by atoms with van der Waals surface area (Å²) >= 11 is 0. The van der Waals surface area contributed by atoms with Crippen molar-refractivity contribution < 1.29 is 4.79 Å². The molecule has 1 aliphatic carbocycles. The summed E-state index contributed by atoms with van der Waals surface area (Å²) in [6.07, 6.45) is 2.27. The van der Waals surface area contributed by atoms with Gasteiger partial charge in [-0.3, -0.25) is 4.79 Å². The maximum absolute atomic E-state index is 10.9. The smallest absolute Gasteiger partial charge is 0.267 e. The lowest BCUT2D eigenvalue weighted by Crippen LogP contribution is -2.14. The summed E-state index contributed by atoms with van der Waals surface area (Å²) < 4.78 is 0. The first-order chi connectivity index (χ1) is 6.16. The number of amides is 1. The van der Waals surface area contributed by atoms with Gasteiger partial charge in [-0.05, 0) is 25.0 Å². The minimum Gasteiger partial charge on any atom is -0.399 e. The van der Waals surface area contributed by atoms with Crippen molar-refractivity contribution in [3.8, 4) is 0 Å². The second-order valence-electron chi connectivity index (χ2n) is 3.35. The average molecular weight is 177 g/mol. The zero-order valence-corrected chi connectivity index (χ0v) is 7.16.